The molecule has 1 aromatic heterocycles. The summed E-state index contributed by atoms with van der Waals surface area (Å²) in [5, 5.41) is 8.98. The van der Waals surface area contributed by atoms with Crippen LogP contribution >= 0.6 is 0 Å². The van der Waals surface area contributed by atoms with E-state index in [2.05, 4.69) is 28.0 Å². The molecule has 0 fully saturated rings. The third kappa shape index (κ3) is 2.81. The van der Waals surface area contributed by atoms with Gasteiger partial charge in [0, 0.05) is 17.3 Å². The van der Waals surface area contributed by atoms with Gasteiger partial charge in [-0.3, -0.25) is 4.98 Å². The van der Waals surface area contributed by atoms with E-state index >= 15 is 0 Å². The Bertz CT molecular complexity index is 945. The van der Waals surface area contributed by atoms with Gasteiger partial charge in [-0.15, -0.1) is 0 Å². The maximum absolute atomic E-state index is 8.98. The maximum Gasteiger partial charge on any atom is 0.197 e. The van der Waals surface area contributed by atoms with Crippen LogP contribution in [0.1, 0.15) is 11.1 Å². The van der Waals surface area contributed by atoms with E-state index in [0.29, 0.717) is 11.3 Å². The average molecular weight is 295 g/mol. The van der Waals surface area contributed by atoms with Crippen LogP contribution in [0.2, 0.25) is 0 Å². The Hall–Kier alpha value is -3.43. The molecule has 0 bridgehead atoms. The fourth-order valence-corrected chi connectivity index (χ4v) is 2.51. The summed E-state index contributed by atoms with van der Waals surface area (Å²) in [5.74, 6) is 0. The molecule has 0 aliphatic heterocycles. The molecule has 0 radical (unpaired) electrons. The zero-order valence-corrected chi connectivity index (χ0v) is 12.6. The summed E-state index contributed by atoms with van der Waals surface area (Å²) in [7, 11) is 0. The molecule has 3 rings (SSSR count). The second-order valence-electron chi connectivity index (χ2n) is 5.21. The van der Waals surface area contributed by atoms with E-state index in [1.54, 1.807) is 18.2 Å². The molecule has 1 heterocycles. The van der Waals surface area contributed by atoms with E-state index in [9.17, 15) is 0 Å². The molecule has 2 aromatic carbocycles. The molecule has 3 aromatic rings. The van der Waals surface area contributed by atoms with Crippen molar-refractivity contribution in [2.45, 2.75) is 6.92 Å². The van der Waals surface area contributed by atoms with Crippen molar-refractivity contribution in [3.63, 3.8) is 0 Å². The van der Waals surface area contributed by atoms with Gasteiger partial charge in [0.1, 0.15) is 0 Å². The number of rotatable bonds is 2. The molecule has 0 amide bonds. The number of aryl methyl sites for hydroxylation is 1. The van der Waals surface area contributed by atoms with Crippen LogP contribution < -0.4 is 0 Å². The van der Waals surface area contributed by atoms with E-state index in [1.807, 2.05) is 37.4 Å². The summed E-state index contributed by atoms with van der Waals surface area (Å²) >= 11 is 0. The molecule has 23 heavy (non-hydrogen) atoms. The molecule has 0 spiro atoms. The first kappa shape index (κ1) is 14.5. The number of pyridine rings is 1. The summed E-state index contributed by atoms with van der Waals surface area (Å²) in [4.78, 5) is 8.01. The Labute approximate surface area is 135 Å². The van der Waals surface area contributed by atoms with Crippen LogP contribution in [0.3, 0.4) is 0 Å². The zero-order chi connectivity index (χ0) is 16.2. The van der Waals surface area contributed by atoms with E-state index in [-0.39, 0.29) is 0 Å². The number of hydrogen-bond donors (Lipinski definition) is 0. The summed E-state index contributed by atoms with van der Waals surface area (Å²) < 4.78 is 0. The smallest absolute Gasteiger partial charge is 0.197 e. The minimum Gasteiger partial charge on any atom is -0.257 e. The van der Waals surface area contributed by atoms with Gasteiger partial charge in [-0.2, -0.15) is 5.26 Å². The van der Waals surface area contributed by atoms with Crippen LogP contribution in [0, 0.1) is 24.8 Å². The lowest BCUT2D eigenvalue weighted by Gasteiger charge is -2.10. The van der Waals surface area contributed by atoms with Gasteiger partial charge in [-0.1, -0.05) is 36.4 Å². The Morgan fingerprint density at radius 3 is 2.52 bits per heavy atom. The fraction of sp³-hybridized carbons (Fsp3) is 0.0500. The van der Waals surface area contributed by atoms with Gasteiger partial charge in [0.25, 0.3) is 0 Å². The highest BCUT2D eigenvalue weighted by Gasteiger charge is 2.10. The molecular weight excluding hydrogens is 282 g/mol. The van der Waals surface area contributed by atoms with Crippen LogP contribution in [0.4, 0.5) is 5.69 Å². The van der Waals surface area contributed by atoms with E-state index in [0.717, 1.165) is 27.9 Å². The zero-order valence-electron chi connectivity index (χ0n) is 12.6. The number of hydrogen-bond acceptors (Lipinski definition) is 2. The summed E-state index contributed by atoms with van der Waals surface area (Å²) in [6.07, 6.45) is 1.82. The van der Waals surface area contributed by atoms with Gasteiger partial charge in [0.15, 0.2) is 5.69 Å². The maximum atomic E-state index is 8.98. The molecule has 0 N–H and O–H groups in total. The molecule has 108 valence electrons. The van der Waals surface area contributed by atoms with Crippen molar-refractivity contribution in [2.24, 2.45) is 0 Å². The van der Waals surface area contributed by atoms with Crippen molar-refractivity contribution < 1.29 is 0 Å². The lowest BCUT2D eigenvalue weighted by molar-refractivity contribution is 1.27. The van der Waals surface area contributed by atoms with E-state index in [4.69, 9.17) is 11.8 Å². The van der Waals surface area contributed by atoms with Crippen molar-refractivity contribution >= 4 is 5.69 Å². The number of nitrogens with zero attached hydrogens (tertiary/aromatic N) is 3. The first-order valence-corrected chi connectivity index (χ1v) is 7.17. The SMILES string of the molecule is [C-]#[N+]c1cc(C#N)ccc1-c1cc(-c2ccccc2)c(C)cn1. The fourth-order valence-electron chi connectivity index (χ4n) is 2.51. The van der Waals surface area contributed by atoms with Gasteiger partial charge in [-0.25, -0.2) is 4.85 Å². The van der Waals surface area contributed by atoms with Crippen molar-refractivity contribution in [3.8, 4) is 28.5 Å². The van der Waals surface area contributed by atoms with Gasteiger partial charge < -0.3 is 0 Å². The monoisotopic (exact) mass is 295 g/mol. The molecule has 0 unspecified atom stereocenters. The first-order chi connectivity index (χ1) is 11.2. The number of benzene rings is 2. The number of nitriles is 1. The normalized spacial score (nSPS) is 9.87. The lowest BCUT2D eigenvalue weighted by Crippen LogP contribution is -1.90. The highest BCUT2D eigenvalue weighted by Crippen LogP contribution is 2.33. The predicted octanol–water partition coefficient (Wildman–Crippen LogP) is 5.15. The first-order valence-electron chi connectivity index (χ1n) is 7.17. The predicted molar refractivity (Wildman–Crippen MR) is 90.8 cm³/mol. The summed E-state index contributed by atoms with van der Waals surface area (Å²) in [6, 6.07) is 19.3. The van der Waals surface area contributed by atoms with Gasteiger partial charge >= 0.3 is 0 Å². The lowest BCUT2D eigenvalue weighted by atomic mass is 9.98. The van der Waals surface area contributed by atoms with Crippen molar-refractivity contribution in [3.05, 3.63) is 83.3 Å². The largest absolute Gasteiger partial charge is 0.257 e. The molecule has 3 heteroatoms. The average Bonchev–Trinajstić information content (AvgIpc) is 2.62. The van der Waals surface area contributed by atoms with Crippen LogP contribution in [-0.2, 0) is 0 Å². The molecule has 0 saturated heterocycles. The van der Waals surface area contributed by atoms with E-state index in [1.165, 1.54) is 0 Å². The van der Waals surface area contributed by atoms with Crippen molar-refractivity contribution in [2.75, 3.05) is 0 Å². The molecule has 0 saturated carbocycles. The Balaban J connectivity index is 2.16. The highest BCUT2D eigenvalue weighted by molar-refractivity contribution is 5.81. The summed E-state index contributed by atoms with van der Waals surface area (Å²) in [6.45, 7) is 9.37. The van der Waals surface area contributed by atoms with Gasteiger partial charge in [0.05, 0.1) is 18.3 Å². The van der Waals surface area contributed by atoms with Gasteiger partial charge in [-0.05, 0) is 41.8 Å². The van der Waals surface area contributed by atoms with E-state index < -0.39 is 0 Å². The van der Waals surface area contributed by atoms with Crippen LogP contribution in [0.5, 0.6) is 0 Å². The second kappa shape index (κ2) is 6.13. The van der Waals surface area contributed by atoms with Crippen molar-refractivity contribution in [1.29, 1.82) is 5.26 Å². The molecule has 3 nitrogen and oxygen atoms in total. The second-order valence-corrected chi connectivity index (χ2v) is 5.21. The van der Waals surface area contributed by atoms with Crippen LogP contribution in [-0.4, -0.2) is 4.98 Å². The van der Waals surface area contributed by atoms with Crippen LogP contribution in [0.15, 0.2) is 60.8 Å². The minimum absolute atomic E-state index is 0.444. The van der Waals surface area contributed by atoms with Crippen LogP contribution in [0.25, 0.3) is 27.2 Å². The topological polar surface area (TPSA) is 41.0 Å². The molecule has 0 atom stereocenters. The minimum atomic E-state index is 0.444. The third-order valence-electron chi connectivity index (χ3n) is 3.71. The quantitative estimate of drug-likeness (QED) is 0.614. The third-order valence-corrected chi connectivity index (χ3v) is 3.71. The number of aromatic nitrogens is 1. The van der Waals surface area contributed by atoms with Crippen molar-refractivity contribution in [1.82, 2.24) is 4.98 Å². The Kier molecular flexibility index (Phi) is 3.87. The summed E-state index contributed by atoms with van der Waals surface area (Å²) in [5.41, 5.74) is 5.70. The standard InChI is InChI=1S/C20H13N3/c1-14-13-23-20(11-18(14)16-6-4-3-5-7-16)17-9-8-15(12-21)10-19(17)22-2/h3-11,13H,1H3. The highest BCUT2D eigenvalue weighted by atomic mass is 14.7. The molecule has 0 aliphatic carbocycles. The molecular formula is C20H13N3. The Morgan fingerprint density at radius 2 is 1.83 bits per heavy atom. The molecule has 0 aliphatic rings. The van der Waals surface area contributed by atoms with Gasteiger partial charge in [0.2, 0.25) is 0 Å². The Morgan fingerprint density at radius 1 is 1.04 bits per heavy atom.